The highest BCUT2D eigenvalue weighted by Crippen LogP contribution is 2.26. The largest absolute Gasteiger partial charge is 0.489 e. The molecule has 0 aliphatic rings. The highest BCUT2D eigenvalue weighted by atomic mass is 35.5. The van der Waals surface area contributed by atoms with Crippen LogP contribution in [0.2, 0.25) is 5.02 Å². The molecule has 0 saturated heterocycles. The average molecular weight is 511 g/mol. The third-order valence-corrected chi connectivity index (χ3v) is 5.95. The highest BCUT2D eigenvalue weighted by molar-refractivity contribution is 6.30. The molecular formula is C30H23ClN2O4. The Bertz CT molecular complexity index is 1490. The molecule has 0 aliphatic heterocycles. The predicted molar refractivity (Wildman–Crippen MR) is 143 cm³/mol. The fourth-order valence-electron chi connectivity index (χ4n) is 3.61. The molecule has 37 heavy (non-hydrogen) atoms. The van der Waals surface area contributed by atoms with Crippen LogP contribution in [0.4, 0.5) is 5.69 Å². The number of anilines is 1. The van der Waals surface area contributed by atoms with Crippen LogP contribution in [-0.2, 0) is 6.61 Å². The molecule has 0 atom stereocenters. The Hall–Kier alpha value is -4.55. The number of amides is 1. The van der Waals surface area contributed by atoms with Crippen LogP contribution in [0.5, 0.6) is 17.2 Å². The quantitative estimate of drug-likeness (QED) is 0.229. The van der Waals surface area contributed by atoms with Crippen molar-refractivity contribution in [3.8, 4) is 28.6 Å². The van der Waals surface area contributed by atoms with Crippen LogP contribution in [0.3, 0.4) is 0 Å². The van der Waals surface area contributed by atoms with E-state index in [4.69, 9.17) is 25.6 Å². The van der Waals surface area contributed by atoms with E-state index in [2.05, 4.69) is 23.5 Å². The minimum atomic E-state index is -0.375. The normalized spacial score (nSPS) is 10.6. The Morgan fingerprint density at radius 3 is 2.22 bits per heavy atom. The van der Waals surface area contributed by atoms with Crippen LogP contribution in [0.1, 0.15) is 21.6 Å². The van der Waals surface area contributed by atoms with Crippen molar-refractivity contribution in [3.63, 3.8) is 0 Å². The van der Waals surface area contributed by atoms with Crippen molar-refractivity contribution in [2.45, 2.75) is 13.5 Å². The van der Waals surface area contributed by atoms with Gasteiger partial charge in [0.25, 0.3) is 5.91 Å². The Morgan fingerprint density at radius 1 is 0.865 bits per heavy atom. The first-order valence-corrected chi connectivity index (χ1v) is 12.0. The van der Waals surface area contributed by atoms with Gasteiger partial charge in [-0.25, -0.2) is 0 Å². The fraction of sp³-hybridized carbons (Fsp3) is 0.0667. The second-order valence-electron chi connectivity index (χ2n) is 8.35. The highest BCUT2D eigenvalue weighted by Gasteiger charge is 2.14. The maximum Gasteiger partial charge on any atom is 0.277 e. The van der Waals surface area contributed by atoms with Crippen LogP contribution in [-0.4, -0.2) is 11.1 Å². The molecule has 1 heterocycles. The molecule has 0 spiro atoms. The number of carbonyl (C=O) groups is 1. The molecule has 0 unspecified atom stereocenters. The van der Waals surface area contributed by atoms with Gasteiger partial charge >= 0.3 is 0 Å². The summed E-state index contributed by atoms with van der Waals surface area (Å²) in [6.07, 6.45) is 0. The van der Waals surface area contributed by atoms with Crippen molar-refractivity contribution in [1.29, 1.82) is 0 Å². The lowest BCUT2D eigenvalue weighted by molar-refractivity contribution is 0.101. The Kier molecular flexibility index (Phi) is 7.19. The van der Waals surface area contributed by atoms with Gasteiger partial charge in [0.1, 0.15) is 23.9 Å². The van der Waals surface area contributed by atoms with Gasteiger partial charge in [0.05, 0.1) is 0 Å². The molecule has 0 saturated carbocycles. The summed E-state index contributed by atoms with van der Waals surface area (Å²) in [5.41, 5.74) is 3.90. The van der Waals surface area contributed by atoms with E-state index in [-0.39, 0.29) is 11.6 Å². The molecule has 5 rings (SSSR count). The number of ether oxygens (including phenoxy) is 2. The van der Waals surface area contributed by atoms with Crippen LogP contribution in [0.15, 0.2) is 108 Å². The van der Waals surface area contributed by atoms with Crippen LogP contribution >= 0.6 is 11.6 Å². The van der Waals surface area contributed by atoms with Gasteiger partial charge < -0.3 is 19.3 Å². The average Bonchev–Trinajstić information content (AvgIpc) is 3.42. The molecule has 1 N–H and O–H groups in total. The van der Waals surface area contributed by atoms with Crippen LogP contribution in [0, 0.1) is 6.92 Å². The van der Waals surface area contributed by atoms with Gasteiger partial charge in [0.2, 0.25) is 0 Å². The second kappa shape index (κ2) is 11.0. The van der Waals surface area contributed by atoms with E-state index in [1.54, 1.807) is 54.6 Å². The minimum Gasteiger partial charge on any atom is -0.489 e. The monoisotopic (exact) mass is 510 g/mol. The Morgan fingerprint density at radius 2 is 1.51 bits per heavy atom. The third-order valence-electron chi connectivity index (χ3n) is 5.70. The van der Waals surface area contributed by atoms with Crippen molar-refractivity contribution in [2.24, 2.45) is 0 Å². The predicted octanol–water partition coefficient (Wildman–Crippen LogP) is 7.93. The lowest BCUT2D eigenvalue weighted by Crippen LogP contribution is -2.11. The van der Waals surface area contributed by atoms with E-state index < -0.39 is 0 Å². The van der Waals surface area contributed by atoms with Gasteiger partial charge in [-0.1, -0.05) is 41.0 Å². The number of hydrogen-bond acceptors (Lipinski definition) is 5. The number of hydrogen-bond donors (Lipinski definition) is 1. The van der Waals surface area contributed by atoms with Crippen molar-refractivity contribution >= 4 is 23.2 Å². The zero-order chi connectivity index (χ0) is 25.6. The van der Waals surface area contributed by atoms with Crippen LogP contribution in [0.25, 0.3) is 11.3 Å². The summed E-state index contributed by atoms with van der Waals surface area (Å²) in [6, 6.07) is 31.3. The van der Waals surface area contributed by atoms with Gasteiger partial charge in [-0.3, -0.25) is 4.79 Å². The Balaban J connectivity index is 1.17. The lowest BCUT2D eigenvalue weighted by Gasteiger charge is -2.08. The molecule has 7 heteroatoms. The van der Waals surface area contributed by atoms with Crippen molar-refractivity contribution < 1.29 is 18.8 Å². The van der Waals surface area contributed by atoms with E-state index in [1.165, 1.54) is 5.56 Å². The van der Waals surface area contributed by atoms with E-state index in [0.29, 0.717) is 34.6 Å². The van der Waals surface area contributed by atoms with Crippen molar-refractivity contribution in [1.82, 2.24) is 5.16 Å². The fourth-order valence-corrected chi connectivity index (χ4v) is 3.73. The number of benzene rings is 4. The van der Waals surface area contributed by atoms with E-state index in [0.717, 1.165) is 16.9 Å². The van der Waals surface area contributed by atoms with Gasteiger partial charge in [-0.05, 0) is 90.8 Å². The number of nitrogens with zero attached hydrogens (tertiary/aromatic N) is 1. The number of rotatable bonds is 8. The first-order valence-electron chi connectivity index (χ1n) is 11.6. The molecule has 1 aromatic heterocycles. The number of nitrogens with one attached hydrogen (secondary N) is 1. The number of aryl methyl sites for hydroxylation is 1. The topological polar surface area (TPSA) is 73.6 Å². The maximum atomic E-state index is 12.7. The molecule has 0 aliphatic carbocycles. The first-order chi connectivity index (χ1) is 18.0. The van der Waals surface area contributed by atoms with Gasteiger partial charge in [-0.15, -0.1) is 0 Å². The third kappa shape index (κ3) is 6.18. The van der Waals surface area contributed by atoms with Gasteiger partial charge in [-0.2, -0.15) is 0 Å². The molecule has 0 fully saturated rings. The zero-order valence-corrected chi connectivity index (χ0v) is 20.7. The summed E-state index contributed by atoms with van der Waals surface area (Å²) in [5.74, 6) is 2.16. The summed E-state index contributed by atoms with van der Waals surface area (Å²) >= 11 is 5.90. The van der Waals surface area contributed by atoms with Gasteiger partial charge in [0, 0.05) is 22.3 Å². The van der Waals surface area contributed by atoms with E-state index >= 15 is 0 Å². The van der Waals surface area contributed by atoms with Gasteiger partial charge in [0.15, 0.2) is 11.5 Å². The number of halogens is 1. The summed E-state index contributed by atoms with van der Waals surface area (Å²) in [6.45, 7) is 2.55. The van der Waals surface area contributed by atoms with Crippen LogP contribution < -0.4 is 14.8 Å². The summed E-state index contributed by atoms with van der Waals surface area (Å²) in [5, 5.41) is 7.38. The molecule has 6 nitrogen and oxygen atoms in total. The number of aromatic nitrogens is 1. The molecule has 0 radical (unpaired) electrons. The second-order valence-corrected chi connectivity index (χ2v) is 8.79. The maximum absolute atomic E-state index is 12.7. The summed E-state index contributed by atoms with van der Waals surface area (Å²) in [4.78, 5) is 12.7. The van der Waals surface area contributed by atoms with Crippen molar-refractivity contribution in [2.75, 3.05) is 5.32 Å². The van der Waals surface area contributed by atoms with E-state index in [9.17, 15) is 4.79 Å². The summed E-state index contributed by atoms with van der Waals surface area (Å²) in [7, 11) is 0. The first kappa shape index (κ1) is 24.2. The molecule has 184 valence electrons. The SMILES string of the molecule is Cc1ccccc1COc1ccc(-c2cc(C(=O)Nc3ccc(Oc4ccc(Cl)cc4)cc3)no2)cc1. The number of carbonyl (C=O) groups excluding carboxylic acids is 1. The van der Waals surface area contributed by atoms with Crippen molar-refractivity contribution in [3.05, 3.63) is 125 Å². The molecular weight excluding hydrogens is 488 g/mol. The molecule has 5 aromatic rings. The molecule has 0 bridgehead atoms. The smallest absolute Gasteiger partial charge is 0.277 e. The lowest BCUT2D eigenvalue weighted by atomic mass is 10.1. The molecule has 4 aromatic carbocycles. The molecule has 1 amide bonds. The standard InChI is InChI=1S/C30H23ClN2O4/c1-20-4-2-3-5-22(20)19-35-25-12-6-21(7-13-25)29-18-28(33-37-29)30(34)32-24-10-16-27(17-11-24)36-26-14-8-23(31)9-15-26/h2-18H,19H2,1H3,(H,32,34). The minimum absolute atomic E-state index is 0.177. The summed E-state index contributed by atoms with van der Waals surface area (Å²) < 4.78 is 17.1. The Labute approximate surface area is 219 Å². The zero-order valence-electron chi connectivity index (χ0n) is 20.0. The van der Waals surface area contributed by atoms with E-state index in [1.807, 2.05) is 42.5 Å².